The second-order valence-electron chi connectivity index (χ2n) is 4.57. The SMILES string of the molecule is O=C(O)CC1CN(C(=O)c2c(Cl)cccc2[N+](=O)[O-])C1. The van der Waals surface area contributed by atoms with Gasteiger partial charge in [0.1, 0.15) is 5.56 Å². The first-order chi connectivity index (χ1) is 9.40. The maximum atomic E-state index is 12.2. The van der Waals surface area contributed by atoms with Gasteiger partial charge in [-0.25, -0.2) is 0 Å². The van der Waals surface area contributed by atoms with E-state index in [0.29, 0.717) is 0 Å². The van der Waals surface area contributed by atoms with Crippen LogP contribution in [0.1, 0.15) is 16.8 Å². The molecule has 1 N–H and O–H groups in total. The van der Waals surface area contributed by atoms with Crippen LogP contribution in [0.2, 0.25) is 5.02 Å². The number of rotatable bonds is 4. The third kappa shape index (κ3) is 2.72. The first-order valence-electron chi connectivity index (χ1n) is 5.84. The van der Waals surface area contributed by atoms with E-state index in [1.165, 1.54) is 23.1 Å². The largest absolute Gasteiger partial charge is 0.481 e. The van der Waals surface area contributed by atoms with Crippen LogP contribution in [0.25, 0.3) is 0 Å². The molecule has 106 valence electrons. The van der Waals surface area contributed by atoms with Crippen molar-refractivity contribution in [3.8, 4) is 0 Å². The first-order valence-corrected chi connectivity index (χ1v) is 6.22. The number of carbonyl (C=O) groups excluding carboxylic acids is 1. The molecule has 2 rings (SSSR count). The average Bonchev–Trinajstić information content (AvgIpc) is 2.31. The molecular formula is C12H11ClN2O5. The number of carboxylic acids is 1. The Hall–Kier alpha value is -2.15. The molecule has 0 aromatic heterocycles. The second-order valence-corrected chi connectivity index (χ2v) is 4.97. The highest BCUT2D eigenvalue weighted by atomic mass is 35.5. The minimum atomic E-state index is -0.925. The lowest BCUT2D eigenvalue weighted by Crippen LogP contribution is -2.50. The number of nitrogens with zero attached hydrogens (tertiary/aromatic N) is 2. The van der Waals surface area contributed by atoms with Crippen molar-refractivity contribution in [3.63, 3.8) is 0 Å². The molecule has 0 saturated carbocycles. The Morgan fingerprint density at radius 3 is 2.65 bits per heavy atom. The standard InChI is InChI=1S/C12H11ClN2O5/c13-8-2-1-3-9(15(19)20)11(8)12(18)14-5-7(6-14)4-10(16)17/h1-3,7H,4-6H2,(H,16,17). The Balaban J connectivity index is 2.15. The topological polar surface area (TPSA) is 101 Å². The van der Waals surface area contributed by atoms with E-state index in [2.05, 4.69) is 0 Å². The van der Waals surface area contributed by atoms with Gasteiger partial charge in [-0.2, -0.15) is 0 Å². The fourth-order valence-corrected chi connectivity index (χ4v) is 2.40. The predicted octanol–water partition coefficient (Wildman–Crippen LogP) is 1.79. The first kappa shape index (κ1) is 14.3. The molecule has 1 fully saturated rings. The van der Waals surface area contributed by atoms with Crippen LogP contribution in [0.15, 0.2) is 18.2 Å². The average molecular weight is 299 g/mol. The molecule has 1 aromatic rings. The molecule has 8 heteroatoms. The van der Waals surface area contributed by atoms with Crippen LogP contribution in [0.3, 0.4) is 0 Å². The van der Waals surface area contributed by atoms with Crippen LogP contribution in [0.5, 0.6) is 0 Å². The fraction of sp³-hybridized carbons (Fsp3) is 0.333. The molecule has 0 atom stereocenters. The Kier molecular flexibility index (Phi) is 3.89. The molecule has 1 aromatic carbocycles. The van der Waals surface area contributed by atoms with Crippen molar-refractivity contribution in [2.24, 2.45) is 5.92 Å². The summed E-state index contributed by atoms with van der Waals surface area (Å²) in [5.74, 6) is -1.58. The van der Waals surface area contributed by atoms with E-state index in [4.69, 9.17) is 16.7 Å². The minimum absolute atomic E-state index is 0.0193. The Morgan fingerprint density at radius 2 is 2.10 bits per heavy atom. The summed E-state index contributed by atoms with van der Waals surface area (Å²) in [5.41, 5.74) is -0.489. The number of hydrogen-bond donors (Lipinski definition) is 1. The van der Waals surface area contributed by atoms with E-state index in [0.717, 1.165) is 0 Å². The van der Waals surface area contributed by atoms with Crippen molar-refractivity contribution in [3.05, 3.63) is 38.9 Å². The number of aliphatic carboxylic acids is 1. The zero-order valence-corrected chi connectivity index (χ0v) is 11.0. The number of amides is 1. The number of hydrogen-bond acceptors (Lipinski definition) is 4. The van der Waals surface area contributed by atoms with Gasteiger partial charge in [0, 0.05) is 25.1 Å². The molecule has 7 nitrogen and oxygen atoms in total. The lowest BCUT2D eigenvalue weighted by atomic mass is 9.95. The van der Waals surface area contributed by atoms with Crippen molar-refractivity contribution in [2.45, 2.75) is 6.42 Å². The van der Waals surface area contributed by atoms with Gasteiger partial charge in [0.15, 0.2) is 0 Å². The molecule has 0 spiro atoms. The molecule has 1 saturated heterocycles. The molecule has 0 aliphatic carbocycles. The third-order valence-electron chi connectivity index (χ3n) is 3.11. The molecular weight excluding hydrogens is 288 g/mol. The van der Waals surface area contributed by atoms with Crippen LogP contribution in [0, 0.1) is 16.0 Å². The molecule has 0 unspecified atom stereocenters. The van der Waals surface area contributed by atoms with Gasteiger partial charge in [0.25, 0.3) is 11.6 Å². The van der Waals surface area contributed by atoms with E-state index >= 15 is 0 Å². The van der Waals surface area contributed by atoms with Gasteiger partial charge >= 0.3 is 5.97 Å². The van der Waals surface area contributed by atoms with Gasteiger partial charge < -0.3 is 10.0 Å². The summed E-state index contributed by atoms with van der Waals surface area (Å²) in [6.07, 6.45) is -0.0194. The number of halogens is 1. The molecule has 1 aliphatic rings. The van der Waals surface area contributed by atoms with E-state index in [9.17, 15) is 19.7 Å². The van der Waals surface area contributed by atoms with Gasteiger partial charge in [0.05, 0.1) is 16.4 Å². The van der Waals surface area contributed by atoms with Crippen LogP contribution in [-0.2, 0) is 4.79 Å². The van der Waals surface area contributed by atoms with Crippen molar-refractivity contribution in [1.82, 2.24) is 4.90 Å². The minimum Gasteiger partial charge on any atom is -0.481 e. The summed E-state index contributed by atoms with van der Waals surface area (Å²) in [6.45, 7) is 0.543. The monoisotopic (exact) mass is 298 g/mol. The normalized spacial score (nSPS) is 14.8. The number of nitro benzene ring substituents is 1. The summed E-state index contributed by atoms with van der Waals surface area (Å²) in [6, 6.07) is 4.03. The van der Waals surface area contributed by atoms with E-state index in [-0.39, 0.29) is 41.7 Å². The van der Waals surface area contributed by atoms with Gasteiger partial charge in [-0.05, 0) is 6.07 Å². The predicted molar refractivity (Wildman–Crippen MR) is 69.8 cm³/mol. The zero-order chi connectivity index (χ0) is 14.9. The van der Waals surface area contributed by atoms with Crippen LogP contribution in [0.4, 0.5) is 5.69 Å². The summed E-state index contributed by atoms with van der Waals surface area (Å²) in [7, 11) is 0. The fourth-order valence-electron chi connectivity index (χ4n) is 2.15. The molecule has 1 heterocycles. The quantitative estimate of drug-likeness (QED) is 0.674. The lowest BCUT2D eigenvalue weighted by Gasteiger charge is -2.38. The highest BCUT2D eigenvalue weighted by Crippen LogP contribution is 2.30. The summed E-state index contributed by atoms with van der Waals surface area (Å²) < 4.78 is 0. The van der Waals surface area contributed by atoms with Crippen LogP contribution >= 0.6 is 11.6 Å². The molecule has 20 heavy (non-hydrogen) atoms. The maximum Gasteiger partial charge on any atom is 0.303 e. The molecule has 1 aliphatic heterocycles. The van der Waals surface area contributed by atoms with Crippen molar-refractivity contribution >= 4 is 29.2 Å². The van der Waals surface area contributed by atoms with Crippen LogP contribution in [-0.4, -0.2) is 39.9 Å². The van der Waals surface area contributed by atoms with E-state index in [1.54, 1.807) is 0 Å². The third-order valence-corrected chi connectivity index (χ3v) is 3.42. The summed E-state index contributed by atoms with van der Waals surface area (Å²) in [4.78, 5) is 34.3. The Bertz CT molecular complexity index is 583. The lowest BCUT2D eigenvalue weighted by molar-refractivity contribution is -0.385. The number of benzene rings is 1. The van der Waals surface area contributed by atoms with E-state index in [1.807, 2.05) is 0 Å². The smallest absolute Gasteiger partial charge is 0.303 e. The highest BCUT2D eigenvalue weighted by Gasteiger charge is 2.36. The zero-order valence-electron chi connectivity index (χ0n) is 10.3. The number of carbonyl (C=O) groups is 2. The summed E-state index contributed by atoms with van der Waals surface area (Å²) >= 11 is 5.87. The van der Waals surface area contributed by atoms with Gasteiger partial charge in [-0.3, -0.25) is 19.7 Å². The van der Waals surface area contributed by atoms with Crippen molar-refractivity contribution in [2.75, 3.05) is 13.1 Å². The van der Waals surface area contributed by atoms with Crippen molar-refractivity contribution < 1.29 is 19.6 Å². The van der Waals surface area contributed by atoms with E-state index < -0.39 is 16.8 Å². The highest BCUT2D eigenvalue weighted by molar-refractivity contribution is 6.34. The van der Waals surface area contributed by atoms with Crippen molar-refractivity contribution in [1.29, 1.82) is 0 Å². The molecule has 1 amide bonds. The Labute approximate surface area is 118 Å². The molecule has 0 radical (unpaired) electrons. The number of likely N-dealkylation sites (tertiary alicyclic amines) is 1. The molecule has 0 bridgehead atoms. The summed E-state index contributed by atoms with van der Waals surface area (Å²) in [5, 5.41) is 19.6. The second kappa shape index (κ2) is 5.46. The Morgan fingerprint density at radius 1 is 1.45 bits per heavy atom. The van der Waals surface area contributed by atoms with Gasteiger partial charge in [-0.15, -0.1) is 0 Å². The van der Waals surface area contributed by atoms with Gasteiger partial charge in [0.2, 0.25) is 0 Å². The number of nitro groups is 1. The van der Waals surface area contributed by atoms with Gasteiger partial charge in [-0.1, -0.05) is 17.7 Å². The number of carboxylic acid groups (broad SMARTS) is 1. The van der Waals surface area contributed by atoms with Crippen LogP contribution < -0.4 is 0 Å². The maximum absolute atomic E-state index is 12.2.